The average molecular weight is 254 g/mol. The molecule has 0 amide bonds. The van der Waals surface area contributed by atoms with Crippen molar-refractivity contribution in [1.82, 2.24) is 5.32 Å². The van der Waals surface area contributed by atoms with Gasteiger partial charge in [0.05, 0.1) is 0 Å². The summed E-state index contributed by atoms with van der Waals surface area (Å²) < 4.78 is 41.7. The number of alkyl halides is 2. The van der Waals surface area contributed by atoms with E-state index < -0.39 is 17.3 Å². The minimum Gasteiger partial charge on any atom is -0.316 e. The van der Waals surface area contributed by atoms with Crippen molar-refractivity contribution in [2.75, 3.05) is 13.1 Å². The second kappa shape index (κ2) is 4.62. The second-order valence-corrected chi connectivity index (χ2v) is 4.47. The van der Waals surface area contributed by atoms with Gasteiger partial charge in [-0.1, -0.05) is 0 Å². The first-order valence-electron chi connectivity index (χ1n) is 5.75. The van der Waals surface area contributed by atoms with Crippen LogP contribution in [0.15, 0.2) is 24.3 Å². The molecule has 2 rings (SSSR count). The summed E-state index contributed by atoms with van der Waals surface area (Å²) in [6, 6.07) is 4.12. The van der Waals surface area contributed by atoms with Crippen LogP contribution in [0.5, 0.6) is 0 Å². The summed E-state index contributed by atoms with van der Waals surface area (Å²) in [5, 5.41) is 2.97. The maximum Gasteiger partial charge on any atom is 0.348 e. The van der Waals surface area contributed by atoms with Crippen molar-refractivity contribution in [1.29, 1.82) is 0 Å². The van der Waals surface area contributed by atoms with E-state index in [2.05, 4.69) is 10.2 Å². The molecular formula is C13H13F3N2. The Morgan fingerprint density at radius 1 is 1.17 bits per heavy atom. The fraction of sp³-hybridized carbons (Fsp3) is 0.462. The Hall–Kier alpha value is -1.54. The van der Waals surface area contributed by atoms with Gasteiger partial charge in [-0.2, -0.15) is 8.78 Å². The van der Waals surface area contributed by atoms with Crippen molar-refractivity contribution in [3.63, 3.8) is 0 Å². The fourth-order valence-electron chi connectivity index (χ4n) is 2.26. The van der Waals surface area contributed by atoms with Crippen molar-refractivity contribution in [3.05, 3.63) is 47.1 Å². The number of hydrogen-bond acceptors (Lipinski definition) is 1. The Labute approximate surface area is 104 Å². The molecular weight excluding hydrogens is 241 g/mol. The maximum absolute atomic E-state index is 14.5. The minimum atomic E-state index is -3.26. The topological polar surface area (TPSA) is 16.4 Å². The van der Waals surface area contributed by atoms with E-state index in [0.29, 0.717) is 13.1 Å². The van der Waals surface area contributed by atoms with E-state index in [4.69, 9.17) is 6.57 Å². The molecule has 0 atom stereocenters. The lowest BCUT2D eigenvalue weighted by atomic mass is 9.79. The van der Waals surface area contributed by atoms with Gasteiger partial charge < -0.3 is 10.2 Å². The molecule has 18 heavy (non-hydrogen) atoms. The van der Waals surface area contributed by atoms with Crippen LogP contribution in [0.3, 0.4) is 0 Å². The Morgan fingerprint density at radius 2 is 1.72 bits per heavy atom. The Bertz CT molecular complexity index is 456. The van der Waals surface area contributed by atoms with Crippen molar-refractivity contribution in [3.8, 4) is 0 Å². The van der Waals surface area contributed by atoms with E-state index in [1.807, 2.05) is 0 Å². The van der Waals surface area contributed by atoms with Crippen LogP contribution in [0.2, 0.25) is 0 Å². The van der Waals surface area contributed by atoms with Gasteiger partial charge in [0, 0.05) is 31.5 Å². The number of nitrogens with one attached hydrogen (secondary N) is 1. The molecule has 0 aliphatic carbocycles. The van der Waals surface area contributed by atoms with Crippen LogP contribution < -0.4 is 5.32 Å². The third kappa shape index (κ3) is 1.97. The molecule has 1 aromatic carbocycles. The highest BCUT2D eigenvalue weighted by Crippen LogP contribution is 2.46. The molecule has 0 bridgehead atoms. The summed E-state index contributed by atoms with van der Waals surface area (Å²) in [6.07, 6.45) is 0.196. The average Bonchev–Trinajstić information content (AvgIpc) is 2.40. The van der Waals surface area contributed by atoms with Gasteiger partial charge in [0.15, 0.2) is 0 Å². The molecule has 1 aromatic rings. The Kier molecular flexibility index (Phi) is 3.31. The molecule has 0 aromatic heterocycles. The SMILES string of the molecule is [C-]#[N+]C1(C(F)(F)c2ccc(F)cc2)CCNCC1. The van der Waals surface area contributed by atoms with E-state index in [-0.39, 0.29) is 18.4 Å². The maximum atomic E-state index is 14.5. The fourth-order valence-corrected chi connectivity index (χ4v) is 2.26. The van der Waals surface area contributed by atoms with Gasteiger partial charge in [-0.3, -0.25) is 0 Å². The van der Waals surface area contributed by atoms with Crippen molar-refractivity contribution < 1.29 is 13.2 Å². The molecule has 0 unspecified atom stereocenters. The van der Waals surface area contributed by atoms with E-state index in [0.717, 1.165) is 24.3 Å². The van der Waals surface area contributed by atoms with E-state index >= 15 is 0 Å². The van der Waals surface area contributed by atoms with Gasteiger partial charge in [-0.05, 0) is 24.3 Å². The normalized spacial score (nSPS) is 19.2. The predicted molar refractivity (Wildman–Crippen MR) is 61.7 cm³/mol. The number of halogens is 3. The first kappa shape index (κ1) is 12.9. The van der Waals surface area contributed by atoms with Gasteiger partial charge >= 0.3 is 11.5 Å². The van der Waals surface area contributed by atoms with Crippen LogP contribution in [-0.4, -0.2) is 18.6 Å². The largest absolute Gasteiger partial charge is 0.348 e. The summed E-state index contributed by atoms with van der Waals surface area (Å²) >= 11 is 0. The summed E-state index contributed by atoms with van der Waals surface area (Å²) in [4.78, 5) is 3.22. The number of benzene rings is 1. The van der Waals surface area contributed by atoms with Crippen molar-refractivity contribution in [2.24, 2.45) is 0 Å². The van der Waals surface area contributed by atoms with Gasteiger partial charge in [-0.15, -0.1) is 0 Å². The predicted octanol–water partition coefficient (Wildman–Crippen LogP) is 2.96. The number of hydrogen-bond donors (Lipinski definition) is 1. The van der Waals surface area contributed by atoms with Crippen LogP contribution in [-0.2, 0) is 5.92 Å². The van der Waals surface area contributed by atoms with Crippen LogP contribution >= 0.6 is 0 Å². The molecule has 0 saturated carbocycles. The number of rotatable bonds is 2. The lowest BCUT2D eigenvalue weighted by Crippen LogP contribution is -2.50. The van der Waals surface area contributed by atoms with E-state index in [9.17, 15) is 13.2 Å². The quantitative estimate of drug-likeness (QED) is 0.803. The van der Waals surface area contributed by atoms with Crippen molar-refractivity contribution >= 4 is 0 Å². The first-order chi connectivity index (χ1) is 8.52. The third-order valence-corrected chi connectivity index (χ3v) is 3.44. The molecule has 1 heterocycles. The monoisotopic (exact) mass is 254 g/mol. The molecule has 1 aliphatic rings. The summed E-state index contributed by atoms with van der Waals surface area (Å²) in [5.41, 5.74) is -2.00. The molecule has 0 spiro atoms. The van der Waals surface area contributed by atoms with Crippen LogP contribution in [0.25, 0.3) is 4.85 Å². The molecule has 0 radical (unpaired) electrons. The molecule has 2 nitrogen and oxygen atoms in total. The Morgan fingerprint density at radius 3 is 2.22 bits per heavy atom. The van der Waals surface area contributed by atoms with Gasteiger partial charge in [0.25, 0.3) is 0 Å². The van der Waals surface area contributed by atoms with Gasteiger partial charge in [0.2, 0.25) is 0 Å². The standard InChI is InChI=1S/C13H13F3N2/c1-17-12(6-8-18-9-7-12)13(15,16)10-2-4-11(14)5-3-10/h2-5,18H,6-9H2. The van der Waals surface area contributed by atoms with Crippen molar-refractivity contribution in [2.45, 2.75) is 24.3 Å². The van der Waals surface area contributed by atoms with Crippen LogP contribution in [0.4, 0.5) is 13.2 Å². The second-order valence-electron chi connectivity index (χ2n) is 4.47. The molecule has 1 N–H and O–H groups in total. The zero-order valence-electron chi connectivity index (χ0n) is 9.72. The summed E-state index contributed by atoms with van der Waals surface area (Å²) in [6.45, 7) is 7.94. The van der Waals surface area contributed by atoms with E-state index in [1.165, 1.54) is 0 Å². The first-order valence-corrected chi connectivity index (χ1v) is 5.75. The van der Waals surface area contributed by atoms with Crippen LogP contribution in [0, 0.1) is 12.4 Å². The Balaban J connectivity index is 2.39. The lowest BCUT2D eigenvalue weighted by molar-refractivity contribution is -0.0756. The molecule has 1 aliphatic heterocycles. The number of nitrogens with zero attached hydrogens (tertiary/aromatic N) is 1. The molecule has 96 valence electrons. The van der Waals surface area contributed by atoms with Gasteiger partial charge in [-0.25, -0.2) is 11.0 Å². The highest BCUT2D eigenvalue weighted by molar-refractivity contribution is 5.28. The molecule has 1 fully saturated rings. The highest BCUT2D eigenvalue weighted by atomic mass is 19.3. The van der Waals surface area contributed by atoms with Crippen LogP contribution in [0.1, 0.15) is 18.4 Å². The zero-order chi connectivity index (χ0) is 13.2. The smallest absolute Gasteiger partial charge is 0.316 e. The summed E-state index contributed by atoms with van der Waals surface area (Å²) in [7, 11) is 0. The minimum absolute atomic E-state index is 0.0981. The van der Waals surface area contributed by atoms with Gasteiger partial charge in [0.1, 0.15) is 5.82 Å². The highest BCUT2D eigenvalue weighted by Gasteiger charge is 2.61. The van der Waals surface area contributed by atoms with E-state index in [1.54, 1.807) is 0 Å². The number of piperidine rings is 1. The molecule has 5 heteroatoms. The third-order valence-electron chi connectivity index (χ3n) is 3.44. The lowest BCUT2D eigenvalue weighted by Gasteiger charge is -2.33. The zero-order valence-corrected chi connectivity index (χ0v) is 9.72. The summed E-state index contributed by atoms with van der Waals surface area (Å²) in [5.74, 6) is -3.82. The molecule has 1 saturated heterocycles.